The van der Waals surface area contributed by atoms with Crippen LogP contribution in [-0.4, -0.2) is 81.8 Å². The van der Waals surface area contributed by atoms with Gasteiger partial charge in [0.05, 0.1) is 21.3 Å². The number of methoxy groups -OCH3 is 3. The lowest BCUT2D eigenvalue weighted by molar-refractivity contribution is 0.0758. The van der Waals surface area contributed by atoms with Crippen LogP contribution < -0.4 is 19.5 Å². The standard InChI is InChI=1S/C31H43N3O4/c1-23(18-24-10-6-5-7-11-24)21-34(17-9-16-33-15-8-12-27(22-33)32-26-13-14-26)31(35)25-19-28(36-2)30(38-4)29(20-25)37-3/h5-7,10-11,18-20,26-27,32H,8-9,12-17,21-22H2,1-4H3/b23-18+. The minimum absolute atomic E-state index is 0.0445. The number of amides is 1. The van der Waals surface area contributed by atoms with Crippen molar-refractivity contribution >= 4 is 12.0 Å². The highest BCUT2D eigenvalue weighted by Gasteiger charge is 2.28. The van der Waals surface area contributed by atoms with Crippen molar-refractivity contribution in [3.8, 4) is 17.2 Å². The summed E-state index contributed by atoms with van der Waals surface area (Å²) in [6, 6.07) is 15.1. The minimum Gasteiger partial charge on any atom is -0.493 e. The second-order valence-corrected chi connectivity index (χ2v) is 10.5. The topological polar surface area (TPSA) is 63.3 Å². The van der Waals surface area contributed by atoms with Crippen molar-refractivity contribution in [2.75, 3.05) is 54.1 Å². The van der Waals surface area contributed by atoms with Crippen LogP contribution in [0.25, 0.3) is 6.08 Å². The summed E-state index contributed by atoms with van der Waals surface area (Å²) < 4.78 is 16.5. The second-order valence-electron chi connectivity index (χ2n) is 10.5. The number of nitrogens with zero attached hydrogens (tertiary/aromatic N) is 2. The average Bonchev–Trinajstić information content (AvgIpc) is 3.76. The lowest BCUT2D eigenvalue weighted by atomic mass is 10.1. The summed E-state index contributed by atoms with van der Waals surface area (Å²) >= 11 is 0. The Labute approximate surface area is 227 Å². The van der Waals surface area contributed by atoms with E-state index in [1.165, 1.54) is 25.7 Å². The number of ether oxygens (including phenoxy) is 3. The number of rotatable bonds is 13. The highest BCUT2D eigenvalue weighted by atomic mass is 16.5. The maximum atomic E-state index is 13.9. The van der Waals surface area contributed by atoms with Gasteiger partial charge in [-0.05, 0) is 69.8 Å². The first kappa shape index (κ1) is 28.0. The normalized spacial score (nSPS) is 18.2. The van der Waals surface area contributed by atoms with Crippen molar-refractivity contribution in [2.24, 2.45) is 0 Å². The molecule has 1 saturated heterocycles. The molecule has 1 N–H and O–H groups in total. The van der Waals surface area contributed by atoms with Crippen LogP contribution in [0.1, 0.15) is 54.9 Å². The maximum absolute atomic E-state index is 13.9. The third kappa shape index (κ3) is 7.74. The van der Waals surface area contributed by atoms with Gasteiger partial charge in [0.1, 0.15) is 0 Å². The Morgan fingerprint density at radius 2 is 1.74 bits per heavy atom. The molecule has 2 fully saturated rings. The van der Waals surface area contributed by atoms with E-state index in [0.717, 1.165) is 43.2 Å². The average molecular weight is 522 g/mol. The number of piperidine rings is 1. The Hall–Kier alpha value is -3.03. The van der Waals surface area contributed by atoms with Gasteiger partial charge in [-0.3, -0.25) is 4.79 Å². The molecule has 1 unspecified atom stereocenters. The summed E-state index contributed by atoms with van der Waals surface area (Å²) in [6.07, 6.45) is 8.22. The molecular weight excluding hydrogens is 478 g/mol. The fourth-order valence-corrected chi connectivity index (χ4v) is 5.28. The third-order valence-corrected chi connectivity index (χ3v) is 7.31. The quantitative estimate of drug-likeness (QED) is 0.406. The monoisotopic (exact) mass is 521 g/mol. The molecule has 1 amide bonds. The molecule has 1 aliphatic carbocycles. The first-order valence-corrected chi connectivity index (χ1v) is 13.8. The first-order chi connectivity index (χ1) is 18.5. The fraction of sp³-hybridized carbons (Fsp3) is 0.516. The predicted molar refractivity (Wildman–Crippen MR) is 152 cm³/mol. The van der Waals surface area contributed by atoms with Crippen molar-refractivity contribution in [1.82, 2.24) is 15.1 Å². The molecule has 206 valence electrons. The number of benzene rings is 2. The van der Waals surface area contributed by atoms with E-state index in [9.17, 15) is 4.79 Å². The smallest absolute Gasteiger partial charge is 0.254 e. The summed E-state index contributed by atoms with van der Waals surface area (Å²) in [6.45, 7) is 6.54. The largest absolute Gasteiger partial charge is 0.493 e. The van der Waals surface area contributed by atoms with Gasteiger partial charge < -0.3 is 29.3 Å². The molecule has 7 heteroatoms. The SMILES string of the molecule is COc1cc(C(=O)N(CCCN2CCCC(NC3CC3)C2)C/C(C)=C/c2ccccc2)cc(OC)c1OC. The number of carbonyl (C=O) groups excluding carboxylic acids is 1. The van der Waals surface area contributed by atoms with E-state index in [4.69, 9.17) is 14.2 Å². The molecular formula is C31H43N3O4. The van der Waals surface area contributed by atoms with Gasteiger partial charge in [0, 0.05) is 37.3 Å². The van der Waals surface area contributed by atoms with Crippen LogP contribution in [-0.2, 0) is 0 Å². The summed E-state index contributed by atoms with van der Waals surface area (Å²) in [5.74, 6) is 1.40. The number of carbonyl (C=O) groups is 1. The van der Waals surface area contributed by atoms with Gasteiger partial charge in [-0.15, -0.1) is 0 Å². The molecule has 4 rings (SSSR count). The summed E-state index contributed by atoms with van der Waals surface area (Å²) in [4.78, 5) is 18.4. The van der Waals surface area contributed by atoms with Gasteiger partial charge in [-0.25, -0.2) is 0 Å². The van der Waals surface area contributed by atoms with E-state index in [-0.39, 0.29) is 5.91 Å². The van der Waals surface area contributed by atoms with Gasteiger partial charge in [-0.1, -0.05) is 42.0 Å². The van der Waals surface area contributed by atoms with E-state index in [1.807, 2.05) is 23.1 Å². The lowest BCUT2D eigenvalue weighted by Gasteiger charge is -2.34. The zero-order valence-corrected chi connectivity index (χ0v) is 23.4. The number of hydrogen-bond acceptors (Lipinski definition) is 6. The Balaban J connectivity index is 1.47. The molecule has 0 bridgehead atoms. The first-order valence-electron chi connectivity index (χ1n) is 13.8. The molecule has 2 aromatic carbocycles. The van der Waals surface area contributed by atoms with Crippen LogP contribution in [0, 0.1) is 0 Å². The molecule has 0 radical (unpaired) electrons. The molecule has 1 saturated carbocycles. The Bertz CT molecular complexity index is 1060. The van der Waals surface area contributed by atoms with E-state index < -0.39 is 0 Å². The number of nitrogens with one attached hydrogen (secondary N) is 1. The Morgan fingerprint density at radius 1 is 1.03 bits per heavy atom. The van der Waals surface area contributed by atoms with E-state index in [1.54, 1.807) is 33.5 Å². The van der Waals surface area contributed by atoms with Crippen LogP contribution in [0.3, 0.4) is 0 Å². The van der Waals surface area contributed by atoms with Gasteiger partial charge in [-0.2, -0.15) is 0 Å². The van der Waals surface area contributed by atoms with E-state index >= 15 is 0 Å². The van der Waals surface area contributed by atoms with Gasteiger partial charge in [0.15, 0.2) is 11.5 Å². The van der Waals surface area contributed by atoms with Crippen LogP contribution >= 0.6 is 0 Å². The number of hydrogen-bond donors (Lipinski definition) is 1. The van der Waals surface area contributed by atoms with Crippen molar-refractivity contribution < 1.29 is 19.0 Å². The van der Waals surface area contributed by atoms with Crippen LogP contribution in [0.5, 0.6) is 17.2 Å². The lowest BCUT2D eigenvalue weighted by Crippen LogP contribution is -2.47. The molecule has 2 aromatic rings. The highest BCUT2D eigenvalue weighted by molar-refractivity contribution is 5.96. The molecule has 2 aliphatic rings. The Kier molecular flexibility index (Phi) is 10.1. The third-order valence-electron chi connectivity index (χ3n) is 7.31. The predicted octanol–water partition coefficient (Wildman–Crippen LogP) is 4.86. The molecule has 38 heavy (non-hydrogen) atoms. The van der Waals surface area contributed by atoms with Gasteiger partial charge >= 0.3 is 0 Å². The van der Waals surface area contributed by atoms with Crippen molar-refractivity contribution in [1.29, 1.82) is 0 Å². The zero-order chi connectivity index (χ0) is 26.9. The zero-order valence-electron chi connectivity index (χ0n) is 23.4. The van der Waals surface area contributed by atoms with Crippen molar-refractivity contribution in [3.05, 3.63) is 59.2 Å². The minimum atomic E-state index is -0.0445. The fourth-order valence-electron chi connectivity index (χ4n) is 5.28. The molecule has 1 heterocycles. The molecule has 1 atom stereocenters. The van der Waals surface area contributed by atoms with Crippen molar-refractivity contribution in [3.63, 3.8) is 0 Å². The Morgan fingerprint density at radius 3 is 2.37 bits per heavy atom. The molecule has 1 aliphatic heterocycles. The van der Waals surface area contributed by atoms with E-state index in [2.05, 4.69) is 35.3 Å². The summed E-state index contributed by atoms with van der Waals surface area (Å²) in [7, 11) is 4.71. The summed E-state index contributed by atoms with van der Waals surface area (Å²) in [5.41, 5.74) is 2.79. The second kappa shape index (κ2) is 13.7. The maximum Gasteiger partial charge on any atom is 0.254 e. The van der Waals surface area contributed by atoms with Gasteiger partial charge in [0.25, 0.3) is 5.91 Å². The highest BCUT2D eigenvalue weighted by Crippen LogP contribution is 2.38. The van der Waals surface area contributed by atoms with Gasteiger partial charge in [0.2, 0.25) is 5.75 Å². The summed E-state index contributed by atoms with van der Waals surface area (Å²) in [5, 5.41) is 3.79. The van der Waals surface area contributed by atoms with Crippen LogP contribution in [0.15, 0.2) is 48.0 Å². The molecule has 0 aromatic heterocycles. The van der Waals surface area contributed by atoms with Crippen LogP contribution in [0.4, 0.5) is 0 Å². The number of likely N-dealkylation sites (tertiary alicyclic amines) is 1. The van der Waals surface area contributed by atoms with Crippen molar-refractivity contribution in [2.45, 2.75) is 51.1 Å². The van der Waals surface area contributed by atoms with E-state index in [0.29, 0.717) is 41.9 Å². The van der Waals surface area contributed by atoms with Crippen LogP contribution in [0.2, 0.25) is 0 Å². The molecule has 0 spiro atoms. The molecule has 7 nitrogen and oxygen atoms in total.